The Hall–Kier alpha value is -3.15. The normalized spacial score (nSPS) is 21.0. The number of esters is 1. The molecule has 22 heteroatoms. The number of rotatable bonds is 11. The fourth-order valence-corrected chi connectivity index (χ4v) is 5.16. The molecule has 2 aromatic rings. The summed E-state index contributed by atoms with van der Waals surface area (Å²) >= 11 is 0. The summed E-state index contributed by atoms with van der Waals surface area (Å²) in [6, 6.07) is 6.53. The van der Waals surface area contributed by atoms with Crippen molar-refractivity contribution in [2.24, 2.45) is 0 Å². The number of carbonyl (C=O) groups excluding carboxylic acids is 1. The van der Waals surface area contributed by atoms with Gasteiger partial charge in [-0.15, -0.1) is 0 Å². The molecule has 1 saturated heterocycles. The molecule has 43 heavy (non-hydrogen) atoms. The van der Waals surface area contributed by atoms with Crippen LogP contribution in [0.25, 0.3) is 0 Å². The minimum absolute atomic E-state index is 0.254. The third-order valence-corrected chi connectivity index (χ3v) is 7.81. The lowest BCUT2D eigenvalue weighted by Crippen LogP contribution is -2.54. The van der Waals surface area contributed by atoms with Gasteiger partial charge in [0.1, 0.15) is 13.2 Å². The second kappa shape index (κ2) is 12.1. The standard InChI is InChI=1S/C21H23F3N2O14S3/c1-12-9-26(19(29)25-16(12)27)17-14(40-43(34,35)21(22,23)24)15(38-18(28)13-7-5-4-6-8-13)20(39-17,10-36-41(2,30)31)11-37-42(3,32)33/h4-9,14-15,17H,10-11H2,1-3H3,(H,25,27,29)/t14-,15-,17+/m0/s1. The number of aromatic nitrogens is 2. The summed E-state index contributed by atoms with van der Waals surface area (Å²) in [5, 5.41) is 0. The number of nitrogens with zero attached hydrogens (tertiary/aromatic N) is 1. The van der Waals surface area contributed by atoms with Crippen molar-refractivity contribution >= 4 is 36.3 Å². The molecule has 1 aliphatic heterocycles. The maximum absolute atomic E-state index is 13.5. The van der Waals surface area contributed by atoms with Crippen LogP contribution >= 0.6 is 0 Å². The fraction of sp³-hybridized carbons (Fsp3) is 0.476. The van der Waals surface area contributed by atoms with Crippen LogP contribution in [0.4, 0.5) is 13.2 Å². The lowest BCUT2D eigenvalue weighted by molar-refractivity contribution is -0.141. The lowest BCUT2D eigenvalue weighted by atomic mass is 9.96. The van der Waals surface area contributed by atoms with Gasteiger partial charge in [-0.1, -0.05) is 18.2 Å². The number of benzene rings is 1. The molecule has 1 aromatic carbocycles. The molecule has 0 aliphatic carbocycles. The average Bonchev–Trinajstić information content (AvgIpc) is 3.15. The number of H-pyrrole nitrogens is 1. The van der Waals surface area contributed by atoms with Crippen LogP contribution in [0, 0.1) is 6.92 Å². The lowest BCUT2D eigenvalue weighted by Gasteiger charge is -2.33. The van der Waals surface area contributed by atoms with Crippen LogP contribution in [-0.4, -0.2) is 89.8 Å². The Balaban J connectivity index is 2.34. The predicted octanol–water partition coefficient (Wildman–Crippen LogP) is -0.475. The van der Waals surface area contributed by atoms with Crippen molar-refractivity contribution in [2.45, 2.75) is 36.5 Å². The Morgan fingerprint density at radius 3 is 2.02 bits per heavy atom. The first kappa shape index (κ1) is 34.3. The minimum Gasteiger partial charge on any atom is -0.452 e. The van der Waals surface area contributed by atoms with Crippen molar-refractivity contribution in [2.75, 3.05) is 25.7 Å². The van der Waals surface area contributed by atoms with Crippen LogP contribution in [0.5, 0.6) is 0 Å². The molecule has 1 fully saturated rings. The summed E-state index contributed by atoms with van der Waals surface area (Å²) in [4.78, 5) is 39.5. The Labute approximate surface area is 241 Å². The summed E-state index contributed by atoms with van der Waals surface area (Å²) < 4.78 is 138. The molecule has 1 aliphatic rings. The van der Waals surface area contributed by atoms with Gasteiger partial charge in [-0.25, -0.2) is 9.59 Å². The van der Waals surface area contributed by atoms with Gasteiger partial charge in [0.2, 0.25) is 0 Å². The van der Waals surface area contributed by atoms with Crippen LogP contribution in [0.3, 0.4) is 0 Å². The molecule has 0 amide bonds. The van der Waals surface area contributed by atoms with Crippen LogP contribution in [0.15, 0.2) is 46.1 Å². The highest BCUT2D eigenvalue weighted by molar-refractivity contribution is 7.87. The number of hydrogen-bond donors (Lipinski definition) is 1. The maximum Gasteiger partial charge on any atom is 0.523 e. The SMILES string of the molecule is Cc1cn([C@@H]2OC(COS(C)(=O)=O)(COS(C)(=O)=O)[C@@H](OC(=O)c3ccccc3)[C@@H]2OS(=O)(=O)C(F)(F)F)c(=O)[nH]c1=O. The Bertz CT molecular complexity index is 1770. The molecule has 0 radical (unpaired) electrons. The molecule has 3 rings (SSSR count). The second-order valence-electron chi connectivity index (χ2n) is 9.14. The number of aromatic amines is 1. The van der Waals surface area contributed by atoms with E-state index in [2.05, 4.69) is 4.18 Å². The highest BCUT2D eigenvalue weighted by Gasteiger charge is 2.64. The van der Waals surface area contributed by atoms with Crippen LogP contribution in [0.2, 0.25) is 0 Å². The zero-order chi connectivity index (χ0) is 32.6. The Morgan fingerprint density at radius 1 is 1.00 bits per heavy atom. The fourth-order valence-electron chi connectivity index (χ4n) is 3.73. The van der Waals surface area contributed by atoms with E-state index in [1.807, 2.05) is 0 Å². The molecule has 1 aromatic heterocycles. The number of halogens is 3. The molecule has 2 heterocycles. The van der Waals surface area contributed by atoms with Crippen LogP contribution < -0.4 is 11.2 Å². The van der Waals surface area contributed by atoms with E-state index in [1.54, 1.807) is 4.98 Å². The van der Waals surface area contributed by atoms with Crippen molar-refractivity contribution in [3.8, 4) is 0 Å². The molecule has 240 valence electrons. The van der Waals surface area contributed by atoms with Gasteiger partial charge in [0, 0.05) is 11.8 Å². The van der Waals surface area contributed by atoms with Crippen LogP contribution in [0.1, 0.15) is 22.1 Å². The zero-order valence-electron chi connectivity index (χ0n) is 22.1. The number of aryl methyl sites for hydroxylation is 1. The number of carbonyl (C=O) groups is 1. The average molecular weight is 681 g/mol. The summed E-state index contributed by atoms with van der Waals surface area (Å²) in [6.45, 7) is -1.59. The van der Waals surface area contributed by atoms with E-state index in [-0.39, 0.29) is 11.1 Å². The topological polar surface area (TPSA) is 220 Å². The van der Waals surface area contributed by atoms with Gasteiger partial charge in [0.05, 0.1) is 18.1 Å². The number of alkyl halides is 3. The van der Waals surface area contributed by atoms with Crippen LogP contribution in [-0.2, 0) is 52.4 Å². The van der Waals surface area contributed by atoms with Crippen molar-refractivity contribution in [1.82, 2.24) is 9.55 Å². The zero-order valence-corrected chi connectivity index (χ0v) is 24.6. The first-order valence-electron chi connectivity index (χ1n) is 11.5. The van der Waals surface area contributed by atoms with E-state index in [4.69, 9.17) is 17.8 Å². The minimum atomic E-state index is -6.60. The number of nitrogens with one attached hydrogen (secondary N) is 1. The monoisotopic (exact) mass is 680 g/mol. The molecular weight excluding hydrogens is 657 g/mol. The van der Waals surface area contributed by atoms with E-state index in [9.17, 15) is 52.8 Å². The van der Waals surface area contributed by atoms with Gasteiger partial charge in [-0.2, -0.15) is 38.4 Å². The van der Waals surface area contributed by atoms with E-state index in [0.717, 1.165) is 13.1 Å². The molecule has 0 spiro atoms. The molecule has 1 N–H and O–H groups in total. The summed E-state index contributed by atoms with van der Waals surface area (Å²) in [5.41, 5.74) is -11.8. The number of hydrogen-bond acceptors (Lipinski definition) is 14. The third-order valence-electron chi connectivity index (χ3n) is 5.67. The number of ether oxygens (including phenoxy) is 2. The molecule has 3 atom stereocenters. The van der Waals surface area contributed by atoms with E-state index < -0.39 is 90.3 Å². The smallest absolute Gasteiger partial charge is 0.452 e. The second-order valence-corrected chi connectivity index (χ2v) is 14.0. The van der Waals surface area contributed by atoms with Gasteiger partial charge in [0.25, 0.3) is 25.8 Å². The quantitative estimate of drug-likeness (QED) is 0.180. The molecule has 16 nitrogen and oxygen atoms in total. The molecular formula is C21H23F3N2O14S3. The molecule has 0 saturated carbocycles. The van der Waals surface area contributed by atoms with E-state index in [1.165, 1.54) is 30.3 Å². The first-order chi connectivity index (χ1) is 19.6. The van der Waals surface area contributed by atoms with Crippen molar-refractivity contribution in [1.29, 1.82) is 0 Å². The highest BCUT2D eigenvalue weighted by atomic mass is 32.2. The van der Waals surface area contributed by atoms with E-state index >= 15 is 0 Å². The van der Waals surface area contributed by atoms with E-state index in [0.29, 0.717) is 17.1 Å². The molecule has 0 unspecified atom stereocenters. The predicted molar refractivity (Wildman–Crippen MR) is 136 cm³/mol. The largest absolute Gasteiger partial charge is 0.523 e. The van der Waals surface area contributed by atoms with Gasteiger partial charge in [0.15, 0.2) is 24.0 Å². The summed E-state index contributed by atoms with van der Waals surface area (Å²) in [6.07, 6.45) is -5.80. The van der Waals surface area contributed by atoms with Crippen molar-refractivity contribution in [3.05, 3.63) is 68.5 Å². The van der Waals surface area contributed by atoms with Gasteiger partial charge >= 0.3 is 27.3 Å². The Kier molecular flexibility index (Phi) is 9.66. The Morgan fingerprint density at radius 2 is 1.53 bits per heavy atom. The van der Waals surface area contributed by atoms with Gasteiger partial charge in [-0.05, 0) is 19.1 Å². The van der Waals surface area contributed by atoms with Gasteiger partial charge in [-0.3, -0.25) is 26.9 Å². The highest BCUT2D eigenvalue weighted by Crippen LogP contribution is 2.44. The van der Waals surface area contributed by atoms with Crippen molar-refractivity contribution in [3.63, 3.8) is 0 Å². The first-order valence-corrected chi connectivity index (χ1v) is 16.5. The van der Waals surface area contributed by atoms with Crippen molar-refractivity contribution < 1.29 is 65.2 Å². The summed E-state index contributed by atoms with van der Waals surface area (Å²) in [5.74, 6) is -1.36. The third kappa shape index (κ3) is 8.27. The van der Waals surface area contributed by atoms with Gasteiger partial charge < -0.3 is 9.47 Å². The summed E-state index contributed by atoms with van der Waals surface area (Å²) in [7, 11) is -15.5. The maximum atomic E-state index is 13.5. The molecule has 0 bridgehead atoms.